The molecular weight excluding hydrogens is 504 g/mol. The average molecular weight is 522 g/mol. The molecule has 8 heteroatoms. The van der Waals surface area contributed by atoms with E-state index in [-0.39, 0.29) is 17.6 Å². The highest BCUT2D eigenvalue weighted by Crippen LogP contribution is 2.35. The Morgan fingerprint density at radius 3 is 2.62 bits per heavy atom. The number of aromatic hydroxyl groups is 1. The van der Waals surface area contributed by atoms with Crippen LogP contribution in [0, 0.1) is 5.92 Å². The van der Waals surface area contributed by atoms with Crippen molar-refractivity contribution >= 4 is 61.2 Å². The Hall–Kier alpha value is -2.45. The van der Waals surface area contributed by atoms with Crippen LogP contribution in [0.25, 0.3) is 6.08 Å². The zero-order valence-electron chi connectivity index (χ0n) is 15.9. The van der Waals surface area contributed by atoms with Gasteiger partial charge in [-0.1, -0.05) is 35.8 Å². The van der Waals surface area contributed by atoms with Gasteiger partial charge in [-0.2, -0.15) is 10.1 Å². The fourth-order valence-electron chi connectivity index (χ4n) is 2.90. The van der Waals surface area contributed by atoms with Crippen LogP contribution in [0.1, 0.15) is 29.8 Å². The Balaban J connectivity index is 2.08. The van der Waals surface area contributed by atoms with E-state index in [0.717, 1.165) is 4.47 Å². The van der Waals surface area contributed by atoms with Crippen LogP contribution in [-0.2, 0) is 9.53 Å². The molecule has 0 aliphatic carbocycles. The van der Waals surface area contributed by atoms with Gasteiger partial charge in [0.2, 0.25) is 0 Å². The maximum absolute atomic E-state index is 13.2. The molecule has 1 aliphatic rings. The van der Waals surface area contributed by atoms with Gasteiger partial charge < -0.3 is 9.84 Å². The largest absolute Gasteiger partial charge is 0.506 e. The van der Waals surface area contributed by atoms with Crippen molar-refractivity contribution in [1.29, 1.82) is 0 Å². The van der Waals surface area contributed by atoms with Crippen molar-refractivity contribution < 1.29 is 19.4 Å². The van der Waals surface area contributed by atoms with Gasteiger partial charge in [0.25, 0.3) is 5.91 Å². The van der Waals surface area contributed by atoms with Gasteiger partial charge in [0, 0.05) is 10.0 Å². The van der Waals surface area contributed by atoms with Crippen molar-refractivity contribution in [3.63, 3.8) is 0 Å². The minimum atomic E-state index is -0.494. The van der Waals surface area contributed by atoms with Crippen LogP contribution in [0.3, 0.4) is 0 Å². The number of methoxy groups -OCH3 is 1. The first-order chi connectivity index (χ1) is 13.7. The number of hydrazone groups is 1. The highest BCUT2D eigenvalue weighted by molar-refractivity contribution is 9.11. The highest BCUT2D eigenvalue weighted by atomic mass is 79.9. The number of nitrogens with zero attached hydrogens (tertiary/aromatic N) is 2. The number of benzene rings is 2. The number of phenols is 1. The number of carbonyl (C=O) groups is 2. The Kier molecular flexibility index (Phi) is 6.24. The number of halogens is 2. The van der Waals surface area contributed by atoms with Crippen molar-refractivity contribution in [2.75, 3.05) is 12.1 Å². The standard InChI is InChI=1S/C21H18Br2N2O4/c1-11(2)18-16(9-13-7-14(22)10-17(23)19(13)26)20(27)25(24-18)15-6-4-5-12(8-15)21(28)29-3/h4-11,26H,1-3H3. The summed E-state index contributed by atoms with van der Waals surface area (Å²) < 4.78 is 6.01. The van der Waals surface area contributed by atoms with Gasteiger partial charge in [-0.25, -0.2) is 4.79 Å². The molecule has 1 heterocycles. The molecule has 0 atom stereocenters. The van der Waals surface area contributed by atoms with Gasteiger partial charge in [-0.05, 0) is 58.3 Å². The quantitative estimate of drug-likeness (QED) is 0.446. The van der Waals surface area contributed by atoms with E-state index in [1.807, 2.05) is 13.8 Å². The van der Waals surface area contributed by atoms with E-state index >= 15 is 0 Å². The molecule has 3 rings (SSSR count). The van der Waals surface area contributed by atoms with E-state index in [4.69, 9.17) is 4.74 Å². The van der Waals surface area contributed by atoms with E-state index in [1.165, 1.54) is 12.1 Å². The Bertz CT molecular complexity index is 1060. The second-order valence-corrected chi connectivity index (χ2v) is 8.45. The minimum Gasteiger partial charge on any atom is -0.506 e. The molecule has 29 heavy (non-hydrogen) atoms. The second kappa shape index (κ2) is 8.51. The number of hydrogen-bond acceptors (Lipinski definition) is 5. The first kappa shape index (κ1) is 21.3. The van der Waals surface area contributed by atoms with Crippen molar-refractivity contribution in [2.24, 2.45) is 11.0 Å². The summed E-state index contributed by atoms with van der Waals surface area (Å²) in [7, 11) is 1.30. The fourth-order valence-corrected chi connectivity index (χ4v) is 4.16. The first-order valence-electron chi connectivity index (χ1n) is 8.74. The lowest BCUT2D eigenvalue weighted by atomic mass is 9.98. The third-order valence-electron chi connectivity index (χ3n) is 4.32. The van der Waals surface area contributed by atoms with Gasteiger partial charge in [0.1, 0.15) is 5.75 Å². The van der Waals surface area contributed by atoms with E-state index in [1.54, 1.807) is 42.5 Å². The molecule has 1 N–H and O–H groups in total. The van der Waals surface area contributed by atoms with Crippen molar-refractivity contribution in [3.8, 4) is 5.75 Å². The molecule has 0 saturated heterocycles. The predicted octanol–water partition coefficient (Wildman–Crippen LogP) is 5.15. The molecule has 1 amide bonds. The maximum atomic E-state index is 13.2. The second-order valence-electron chi connectivity index (χ2n) is 6.68. The molecule has 1 aliphatic heterocycles. The van der Waals surface area contributed by atoms with Crippen LogP contribution in [0.2, 0.25) is 0 Å². The van der Waals surface area contributed by atoms with Gasteiger partial charge in [-0.3, -0.25) is 4.79 Å². The first-order valence-corrected chi connectivity index (χ1v) is 10.3. The third-order valence-corrected chi connectivity index (χ3v) is 5.38. The van der Waals surface area contributed by atoms with Gasteiger partial charge in [-0.15, -0.1) is 0 Å². The maximum Gasteiger partial charge on any atom is 0.337 e. The van der Waals surface area contributed by atoms with Gasteiger partial charge >= 0.3 is 5.97 Å². The van der Waals surface area contributed by atoms with Crippen molar-refractivity contribution in [1.82, 2.24) is 0 Å². The van der Waals surface area contributed by atoms with Crippen molar-refractivity contribution in [2.45, 2.75) is 13.8 Å². The zero-order valence-corrected chi connectivity index (χ0v) is 19.1. The summed E-state index contributed by atoms with van der Waals surface area (Å²) in [4.78, 5) is 25.0. The van der Waals surface area contributed by atoms with E-state index in [0.29, 0.717) is 32.6 Å². The highest BCUT2D eigenvalue weighted by Gasteiger charge is 2.33. The van der Waals surface area contributed by atoms with E-state index in [9.17, 15) is 14.7 Å². The molecule has 6 nitrogen and oxygen atoms in total. The predicted molar refractivity (Wildman–Crippen MR) is 119 cm³/mol. The van der Waals surface area contributed by atoms with Gasteiger partial charge in [0.05, 0.1) is 34.1 Å². The fraction of sp³-hybridized carbons (Fsp3) is 0.190. The molecule has 2 aromatic carbocycles. The van der Waals surface area contributed by atoms with Crippen LogP contribution < -0.4 is 5.01 Å². The molecule has 0 unspecified atom stereocenters. The lowest BCUT2D eigenvalue weighted by Gasteiger charge is -2.12. The Morgan fingerprint density at radius 1 is 1.24 bits per heavy atom. The lowest BCUT2D eigenvalue weighted by Crippen LogP contribution is -2.22. The van der Waals surface area contributed by atoms with Crippen LogP contribution in [0.5, 0.6) is 5.75 Å². The molecule has 150 valence electrons. The lowest BCUT2D eigenvalue weighted by molar-refractivity contribution is -0.114. The molecule has 0 spiro atoms. The van der Waals surface area contributed by atoms with Crippen LogP contribution in [-0.4, -0.2) is 29.8 Å². The van der Waals surface area contributed by atoms with Crippen LogP contribution >= 0.6 is 31.9 Å². The molecule has 0 fully saturated rings. The van der Waals surface area contributed by atoms with Gasteiger partial charge in [0.15, 0.2) is 0 Å². The normalized spacial score (nSPS) is 15.2. The third kappa shape index (κ3) is 4.28. The molecule has 0 saturated carbocycles. The topological polar surface area (TPSA) is 79.2 Å². The monoisotopic (exact) mass is 520 g/mol. The smallest absolute Gasteiger partial charge is 0.337 e. The summed E-state index contributed by atoms with van der Waals surface area (Å²) in [6, 6.07) is 9.97. The Morgan fingerprint density at radius 2 is 1.97 bits per heavy atom. The number of ether oxygens (including phenoxy) is 1. The number of anilines is 1. The SMILES string of the molecule is COC(=O)c1cccc(N2N=C(C(C)C)C(=Cc3cc(Br)cc(Br)c3O)C2=O)c1. The minimum absolute atomic E-state index is 0.0303. The number of phenolic OH excluding ortho intramolecular Hbond substituents is 1. The summed E-state index contributed by atoms with van der Waals surface area (Å²) in [6.07, 6.45) is 1.62. The van der Waals surface area contributed by atoms with E-state index < -0.39 is 5.97 Å². The summed E-state index contributed by atoms with van der Waals surface area (Å²) in [5.74, 6) is -0.836. The zero-order chi connectivity index (χ0) is 21.3. The molecule has 0 bridgehead atoms. The number of carbonyl (C=O) groups excluding carboxylic acids is 2. The molecule has 2 aromatic rings. The van der Waals surface area contributed by atoms with E-state index in [2.05, 4.69) is 37.0 Å². The Labute approximate surface area is 185 Å². The summed E-state index contributed by atoms with van der Waals surface area (Å²) in [6.45, 7) is 3.87. The molecule has 0 aromatic heterocycles. The van der Waals surface area contributed by atoms with Crippen molar-refractivity contribution in [3.05, 3.63) is 62.0 Å². The summed E-state index contributed by atoms with van der Waals surface area (Å²) in [5.41, 5.74) is 2.23. The molecular formula is C21H18Br2N2O4. The summed E-state index contributed by atoms with van der Waals surface area (Å²) in [5, 5.41) is 16.1. The number of hydrogen-bond donors (Lipinski definition) is 1. The molecule has 0 radical (unpaired) electrons. The number of esters is 1. The average Bonchev–Trinajstić information content (AvgIpc) is 3.01. The number of amides is 1. The summed E-state index contributed by atoms with van der Waals surface area (Å²) >= 11 is 6.70. The van der Waals surface area contributed by atoms with Crippen LogP contribution in [0.4, 0.5) is 5.69 Å². The number of rotatable bonds is 4. The van der Waals surface area contributed by atoms with Crippen LogP contribution in [0.15, 0.2) is 56.0 Å².